The van der Waals surface area contributed by atoms with Gasteiger partial charge < -0.3 is 9.94 Å². The van der Waals surface area contributed by atoms with E-state index in [9.17, 15) is 4.79 Å². The van der Waals surface area contributed by atoms with Crippen molar-refractivity contribution in [1.82, 2.24) is 0 Å². The molecule has 0 unspecified atom stereocenters. The van der Waals surface area contributed by atoms with Gasteiger partial charge in [0.05, 0.1) is 5.71 Å². The smallest absolute Gasteiger partial charge is 0.196 e. The zero-order chi connectivity index (χ0) is 21.3. The molecule has 0 fully saturated rings. The predicted octanol–water partition coefficient (Wildman–Crippen LogP) is 6.53. The normalized spacial score (nSPS) is 11.9. The van der Waals surface area contributed by atoms with Gasteiger partial charge in [0.25, 0.3) is 0 Å². The molecule has 30 heavy (non-hydrogen) atoms. The van der Waals surface area contributed by atoms with Crippen LogP contribution >= 0.6 is 11.3 Å². The Morgan fingerprint density at radius 2 is 1.70 bits per heavy atom. The van der Waals surface area contributed by atoms with E-state index in [1.807, 2.05) is 48.5 Å². The number of ether oxygens (including phenoxy) is 1. The first-order valence-corrected chi connectivity index (χ1v) is 10.8. The van der Waals surface area contributed by atoms with E-state index in [0.717, 1.165) is 33.2 Å². The Morgan fingerprint density at radius 3 is 2.37 bits per heavy atom. The van der Waals surface area contributed by atoms with E-state index in [-0.39, 0.29) is 5.43 Å². The van der Waals surface area contributed by atoms with Gasteiger partial charge in [-0.2, -0.15) is 0 Å². The highest BCUT2D eigenvalue weighted by molar-refractivity contribution is 7.24. The minimum absolute atomic E-state index is 0.0549. The maximum Gasteiger partial charge on any atom is 0.196 e. The molecule has 0 aliphatic rings. The third-order valence-electron chi connectivity index (χ3n) is 5.32. The second kappa shape index (κ2) is 8.28. The molecule has 1 heterocycles. The Balaban J connectivity index is 1.77. The van der Waals surface area contributed by atoms with E-state index >= 15 is 0 Å². The molecule has 0 bridgehead atoms. The van der Waals surface area contributed by atoms with Crippen LogP contribution < -0.4 is 10.2 Å². The highest BCUT2D eigenvalue weighted by Crippen LogP contribution is 2.32. The summed E-state index contributed by atoms with van der Waals surface area (Å²) in [5, 5.41) is 13.6. The fourth-order valence-electron chi connectivity index (χ4n) is 3.56. The summed E-state index contributed by atoms with van der Waals surface area (Å²) in [6.07, 6.45) is 1.81. The van der Waals surface area contributed by atoms with Crippen molar-refractivity contribution in [3.05, 3.63) is 81.5 Å². The van der Waals surface area contributed by atoms with Crippen molar-refractivity contribution in [2.45, 2.75) is 33.6 Å². The Hall–Kier alpha value is -3.18. The van der Waals surface area contributed by atoms with Gasteiger partial charge in [-0.05, 0) is 85.0 Å². The van der Waals surface area contributed by atoms with E-state index < -0.39 is 0 Å². The lowest BCUT2D eigenvalue weighted by Gasteiger charge is -2.10. The topological polar surface area (TPSA) is 58.9 Å². The average Bonchev–Trinajstić information content (AvgIpc) is 2.79. The van der Waals surface area contributed by atoms with Crippen molar-refractivity contribution in [1.29, 1.82) is 0 Å². The second-order valence-electron chi connectivity index (χ2n) is 7.24. The predicted molar refractivity (Wildman–Crippen MR) is 125 cm³/mol. The van der Waals surface area contributed by atoms with Crippen molar-refractivity contribution in [2.24, 2.45) is 5.16 Å². The van der Waals surface area contributed by atoms with E-state index in [2.05, 4.69) is 25.1 Å². The van der Waals surface area contributed by atoms with Gasteiger partial charge in [0, 0.05) is 20.2 Å². The molecule has 5 heteroatoms. The standard InChI is InChI=1S/C25H23NO3S/c1-4-16-12-17(5-2)25-22(13-16)24(27)21-14-20(10-11-23(21)30-25)29-19-8-6-18(7-9-19)15(3)26-28/h6-14,28H,4-5H2,1-3H3/b26-15+. The molecule has 1 aromatic heterocycles. The summed E-state index contributed by atoms with van der Waals surface area (Å²) in [4.78, 5) is 13.3. The number of rotatable bonds is 5. The summed E-state index contributed by atoms with van der Waals surface area (Å²) >= 11 is 1.67. The number of fused-ring (bicyclic) bond motifs is 2. The van der Waals surface area contributed by atoms with Gasteiger partial charge in [0.1, 0.15) is 11.5 Å². The number of aryl methyl sites for hydroxylation is 2. The summed E-state index contributed by atoms with van der Waals surface area (Å²) in [5.74, 6) is 1.27. The molecule has 3 aromatic carbocycles. The van der Waals surface area contributed by atoms with Crippen molar-refractivity contribution in [2.75, 3.05) is 0 Å². The molecule has 0 aliphatic carbocycles. The molecule has 0 spiro atoms. The third kappa shape index (κ3) is 3.68. The van der Waals surface area contributed by atoms with Gasteiger partial charge in [0.15, 0.2) is 5.43 Å². The van der Waals surface area contributed by atoms with Crippen LogP contribution in [0.3, 0.4) is 0 Å². The molecule has 1 N–H and O–H groups in total. The van der Waals surface area contributed by atoms with E-state index in [0.29, 0.717) is 22.6 Å². The van der Waals surface area contributed by atoms with Gasteiger partial charge in [-0.15, -0.1) is 11.3 Å². The Labute approximate surface area is 179 Å². The first kappa shape index (κ1) is 20.1. The minimum atomic E-state index is 0.0549. The van der Waals surface area contributed by atoms with Crippen LogP contribution in [0.2, 0.25) is 0 Å². The third-order valence-corrected chi connectivity index (χ3v) is 6.59. The molecule has 0 amide bonds. The summed E-state index contributed by atoms with van der Waals surface area (Å²) < 4.78 is 8.02. The van der Waals surface area contributed by atoms with Crippen molar-refractivity contribution >= 4 is 37.2 Å². The largest absolute Gasteiger partial charge is 0.457 e. The molecule has 0 radical (unpaired) electrons. The van der Waals surface area contributed by atoms with Crippen LogP contribution in [-0.4, -0.2) is 10.9 Å². The molecule has 0 atom stereocenters. The molecule has 0 saturated carbocycles. The van der Waals surface area contributed by atoms with Crippen LogP contribution in [0, 0.1) is 0 Å². The summed E-state index contributed by atoms with van der Waals surface area (Å²) in [6, 6.07) is 17.2. The first-order valence-electron chi connectivity index (χ1n) is 10.0. The Bertz CT molecular complexity index is 1320. The molecule has 4 nitrogen and oxygen atoms in total. The molecular weight excluding hydrogens is 394 g/mol. The molecule has 0 aliphatic heterocycles. The van der Waals surface area contributed by atoms with Crippen LogP contribution in [0.25, 0.3) is 20.2 Å². The number of hydrogen-bond acceptors (Lipinski definition) is 5. The van der Waals surface area contributed by atoms with Gasteiger partial charge in [0.2, 0.25) is 0 Å². The molecule has 4 rings (SSSR count). The monoisotopic (exact) mass is 417 g/mol. The van der Waals surface area contributed by atoms with Gasteiger partial charge in [-0.25, -0.2) is 0 Å². The maximum atomic E-state index is 13.3. The molecule has 0 saturated heterocycles. The quantitative estimate of drug-likeness (QED) is 0.174. The van der Waals surface area contributed by atoms with Crippen LogP contribution in [0.4, 0.5) is 0 Å². The van der Waals surface area contributed by atoms with Crippen molar-refractivity contribution < 1.29 is 9.94 Å². The van der Waals surface area contributed by atoms with E-state index in [1.165, 1.54) is 11.1 Å². The highest BCUT2D eigenvalue weighted by atomic mass is 32.1. The highest BCUT2D eigenvalue weighted by Gasteiger charge is 2.12. The van der Waals surface area contributed by atoms with Crippen LogP contribution in [-0.2, 0) is 12.8 Å². The molecule has 152 valence electrons. The zero-order valence-corrected chi connectivity index (χ0v) is 18.0. The fourth-order valence-corrected chi connectivity index (χ4v) is 4.78. The maximum absolute atomic E-state index is 13.3. The first-order chi connectivity index (χ1) is 14.5. The van der Waals surface area contributed by atoms with E-state index in [4.69, 9.17) is 9.94 Å². The fraction of sp³-hybridized carbons (Fsp3) is 0.200. The lowest BCUT2D eigenvalue weighted by atomic mass is 10.0. The van der Waals surface area contributed by atoms with Gasteiger partial charge in [-0.1, -0.05) is 25.1 Å². The lowest BCUT2D eigenvalue weighted by molar-refractivity contribution is 0.319. The molecule has 4 aromatic rings. The Kier molecular flexibility index (Phi) is 5.55. The number of oxime groups is 1. The number of nitrogens with zero attached hydrogens (tertiary/aromatic N) is 1. The second-order valence-corrected chi connectivity index (χ2v) is 8.29. The SMILES string of the molecule is CCc1cc(CC)c2sc3ccc(Oc4ccc(/C(C)=N/O)cc4)cc3c(=O)c2c1. The average molecular weight is 418 g/mol. The Morgan fingerprint density at radius 1 is 0.967 bits per heavy atom. The zero-order valence-electron chi connectivity index (χ0n) is 17.2. The minimum Gasteiger partial charge on any atom is -0.457 e. The van der Waals surface area contributed by atoms with E-state index in [1.54, 1.807) is 18.3 Å². The van der Waals surface area contributed by atoms with Gasteiger partial charge in [-0.3, -0.25) is 4.79 Å². The number of benzene rings is 3. The molecular formula is C25H23NO3S. The summed E-state index contributed by atoms with van der Waals surface area (Å²) in [6.45, 7) is 5.97. The number of hydrogen-bond donors (Lipinski definition) is 1. The van der Waals surface area contributed by atoms with Crippen molar-refractivity contribution in [3.63, 3.8) is 0 Å². The summed E-state index contributed by atoms with van der Waals surface area (Å²) in [5.41, 5.74) is 3.83. The van der Waals surface area contributed by atoms with Crippen LogP contribution in [0.15, 0.2) is 64.5 Å². The van der Waals surface area contributed by atoms with Gasteiger partial charge >= 0.3 is 0 Å². The van der Waals surface area contributed by atoms with Crippen molar-refractivity contribution in [3.8, 4) is 11.5 Å². The summed E-state index contributed by atoms with van der Waals surface area (Å²) in [7, 11) is 0. The van der Waals surface area contributed by atoms with Crippen LogP contribution in [0.5, 0.6) is 11.5 Å². The lowest BCUT2D eigenvalue weighted by Crippen LogP contribution is -2.03. The van der Waals surface area contributed by atoms with Crippen LogP contribution in [0.1, 0.15) is 37.5 Å².